The van der Waals surface area contributed by atoms with Crippen molar-refractivity contribution in [3.63, 3.8) is 0 Å². The van der Waals surface area contributed by atoms with Gasteiger partial charge >= 0.3 is 6.09 Å². The Morgan fingerprint density at radius 1 is 1.60 bits per heavy atom. The first-order chi connectivity index (χ1) is 7.09. The molecule has 1 rings (SSSR count). The fraction of sp³-hybridized carbons (Fsp3) is 0.250. The minimum absolute atomic E-state index is 0.0856. The third-order valence-corrected chi connectivity index (χ3v) is 3.25. The third kappa shape index (κ3) is 4.47. The average molecular weight is 340 g/mol. The normalized spacial score (nSPS) is 9.67. The molecule has 1 heterocycles. The molecule has 1 aromatic rings. The molecule has 0 radical (unpaired) electrons. The van der Waals surface area contributed by atoms with Crippen LogP contribution < -0.4 is 11.1 Å². The zero-order chi connectivity index (χ0) is 11.3. The Bertz CT molecular complexity index is 367. The molecule has 0 aliphatic carbocycles. The number of thiophene rings is 1. The minimum Gasteiger partial charge on any atom is -0.448 e. The number of ether oxygens (including phenoxy) is 1. The van der Waals surface area contributed by atoms with Crippen molar-refractivity contribution >= 4 is 45.9 Å². The summed E-state index contributed by atoms with van der Waals surface area (Å²) in [6, 6.07) is 1.79. The van der Waals surface area contributed by atoms with Gasteiger partial charge in [-0.2, -0.15) is 0 Å². The maximum absolute atomic E-state index is 11.4. The van der Waals surface area contributed by atoms with E-state index in [1.165, 1.54) is 11.3 Å². The molecule has 7 heteroatoms. The highest BCUT2D eigenvalue weighted by atomic mass is 127. The van der Waals surface area contributed by atoms with Gasteiger partial charge in [-0.05, 0) is 28.7 Å². The van der Waals surface area contributed by atoms with Crippen LogP contribution in [-0.2, 0) is 4.74 Å². The van der Waals surface area contributed by atoms with E-state index in [9.17, 15) is 9.59 Å². The number of halogens is 1. The minimum atomic E-state index is -0.839. The number of carbonyl (C=O) groups excluding carboxylic acids is 2. The summed E-state index contributed by atoms with van der Waals surface area (Å²) in [5.74, 6) is -0.178. The molecule has 1 aromatic heterocycles. The van der Waals surface area contributed by atoms with E-state index in [1.54, 1.807) is 11.4 Å². The molecule has 2 amide bonds. The number of primary amides is 1. The van der Waals surface area contributed by atoms with Gasteiger partial charge in [0.2, 0.25) is 0 Å². The molecule has 0 aromatic carbocycles. The summed E-state index contributed by atoms with van der Waals surface area (Å²) in [5, 5.41) is 4.37. The van der Waals surface area contributed by atoms with Crippen molar-refractivity contribution in [2.24, 2.45) is 5.73 Å². The summed E-state index contributed by atoms with van der Waals surface area (Å²) >= 11 is 3.64. The molecule has 3 N–H and O–H groups in total. The zero-order valence-electron chi connectivity index (χ0n) is 7.66. The Morgan fingerprint density at radius 2 is 2.33 bits per heavy atom. The van der Waals surface area contributed by atoms with Crippen molar-refractivity contribution in [1.82, 2.24) is 5.32 Å². The Kier molecular flexibility index (Phi) is 4.82. The van der Waals surface area contributed by atoms with E-state index in [4.69, 9.17) is 5.73 Å². The molecule has 82 valence electrons. The summed E-state index contributed by atoms with van der Waals surface area (Å²) in [5.41, 5.74) is 5.36. The maximum Gasteiger partial charge on any atom is 0.404 e. The molecule has 0 aliphatic rings. The van der Waals surface area contributed by atoms with Crippen LogP contribution in [0, 0.1) is 2.88 Å². The Balaban J connectivity index is 2.28. The lowest BCUT2D eigenvalue weighted by atomic mass is 10.3. The number of nitrogens with one attached hydrogen (secondary N) is 1. The smallest absolute Gasteiger partial charge is 0.404 e. The van der Waals surface area contributed by atoms with Crippen molar-refractivity contribution in [3.05, 3.63) is 19.9 Å². The molecular weight excluding hydrogens is 331 g/mol. The molecule has 0 atom stereocenters. The summed E-state index contributed by atoms with van der Waals surface area (Å²) in [4.78, 5) is 21.6. The van der Waals surface area contributed by atoms with E-state index < -0.39 is 6.09 Å². The van der Waals surface area contributed by atoms with Gasteiger partial charge in [-0.15, -0.1) is 11.3 Å². The lowest BCUT2D eigenvalue weighted by Crippen LogP contribution is -2.28. The number of hydrogen-bond donors (Lipinski definition) is 2. The topological polar surface area (TPSA) is 81.4 Å². The van der Waals surface area contributed by atoms with Crippen molar-refractivity contribution < 1.29 is 14.3 Å². The van der Waals surface area contributed by atoms with Gasteiger partial charge in [0.05, 0.1) is 15.0 Å². The van der Waals surface area contributed by atoms with Crippen LogP contribution in [0.1, 0.15) is 10.4 Å². The van der Waals surface area contributed by atoms with Crippen LogP contribution in [0.5, 0.6) is 0 Å². The van der Waals surface area contributed by atoms with Crippen molar-refractivity contribution in [2.75, 3.05) is 13.2 Å². The number of hydrogen-bond acceptors (Lipinski definition) is 4. The van der Waals surface area contributed by atoms with Gasteiger partial charge in [-0.3, -0.25) is 4.79 Å². The first-order valence-corrected chi connectivity index (χ1v) is 6.00. The highest BCUT2D eigenvalue weighted by Gasteiger charge is 2.06. The molecule has 0 fully saturated rings. The quantitative estimate of drug-likeness (QED) is 0.638. The van der Waals surface area contributed by atoms with E-state index in [-0.39, 0.29) is 19.1 Å². The molecule has 0 aliphatic heterocycles. The SMILES string of the molecule is NC(=O)OCCNC(=O)c1csc(I)c1. The van der Waals surface area contributed by atoms with Crippen LogP contribution in [0.4, 0.5) is 4.79 Å². The van der Waals surface area contributed by atoms with E-state index >= 15 is 0 Å². The summed E-state index contributed by atoms with van der Waals surface area (Å²) in [6.45, 7) is 0.344. The lowest BCUT2D eigenvalue weighted by molar-refractivity contribution is 0.0937. The Morgan fingerprint density at radius 3 is 2.87 bits per heavy atom. The highest BCUT2D eigenvalue weighted by molar-refractivity contribution is 14.1. The van der Waals surface area contributed by atoms with Gasteiger partial charge in [0.25, 0.3) is 5.91 Å². The maximum atomic E-state index is 11.4. The van der Waals surface area contributed by atoms with Crippen LogP contribution in [0.2, 0.25) is 0 Å². The molecule has 15 heavy (non-hydrogen) atoms. The largest absolute Gasteiger partial charge is 0.448 e. The Hall–Kier alpha value is -0.830. The molecule has 0 bridgehead atoms. The van der Waals surface area contributed by atoms with Gasteiger partial charge in [0.1, 0.15) is 6.61 Å². The third-order valence-electron chi connectivity index (χ3n) is 1.46. The standard InChI is InChI=1S/C8H9IN2O3S/c9-6-3-5(4-15-6)7(12)11-1-2-14-8(10)13/h3-4H,1-2H2,(H2,10,13)(H,11,12). The van der Waals surface area contributed by atoms with E-state index in [0.29, 0.717) is 5.56 Å². The second-order valence-electron chi connectivity index (χ2n) is 2.56. The van der Waals surface area contributed by atoms with Gasteiger partial charge in [0, 0.05) is 5.38 Å². The van der Waals surface area contributed by atoms with Crippen molar-refractivity contribution in [3.8, 4) is 0 Å². The van der Waals surface area contributed by atoms with Crippen molar-refractivity contribution in [1.29, 1.82) is 0 Å². The monoisotopic (exact) mass is 340 g/mol. The van der Waals surface area contributed by atoms with Crippen LogP contribution in [0.15, 0.2) is 11.4 Å². The number of amides is 2. The summed E-state index contributed by atoms with van der Waals surface area (Å²) < 4.78 is 5.51. The molecular formula is C8H9IN2O3S. The summed E-state index contributed by atoms with van der Waals surface area (Å²) in [7, 11) is 0. The second kappa shape index (κ2) is 5.91. The molecule has 5 nitrogen and oxygen atoms in total. The first-order valence-electron chi connectivity index (χ1n) is 4.04. The molecule has 0 unspecified atom stereocenters. The number of carbonyl (C=O) groups is 2. The predicted molar refractivity (Wildman–Crippen MR) is 64.9 cm³/mol. The van der Waals surface area contributed by atoms with Gasteiger partial charge in [-0.1, -0.05) is 0 Å². The van der Waals surface area contributed by atoms with Crippen LogP contribution in [0.3, 0.4) is 0 Å². The fourth-order valence-electron chi connectivity index (χ4n) is 0.847. The zero-order valence-corrected chi connectivity index (χ0v) is 10.6. The fourth-order valence-corrected chi connectivity index (χ4v) is 2.17. The Labute approximate surface area is 104 Å². The lowest BCUT2D eigenvalue weighted by Gasteiger charge is -2.03. The second-order valence-corrected chi connectivity index (χ2v) is 5.37. The number of rotatable bonds is 4. The molecule has 0 spiro atoms. The van der Waals surface area contributed by atoms with Gasteiger partial charge in [0.15, 0.2) is 0 Å². The summed E-state index contributed by atoms with van der Waals surface area (Å²) in [6.07, 6.45) is -0.839. The average Bonchev–Trinajstić information content (AvgIpc) is 2.59. The van der Waals surface area contributed by atoms with Gasteiger partial charge in [-0.25, -0.2) is 4.79 Å². The molecule has 0 saturated carbocycles. The van der Waals surface area contributed by atoms with Crippen LogP contribution >= 0.6 is 33.9 Å². The van der Waals surface area contributed by atoms with Crippen molar-refractivity contribution in [2.45, 2.75) is 0 Å². The van der Waals surface area contributed by atoms with E-state index in [1.807, 2.05) is 0 Å². The van der Waals surface area contributed by atoms with Crippen LogP contribution in [0.25, 0.3) is 0 Å². The van der Waals surface area contributed by atoms with Crippen LogP contribution in [-0.4, -0.2) is 25.2 Å². The van der Waals surface area contributed by atoms with E-state index in [2.05, 4.69) is 32.6 Å². The first kappa shape index (κ1) is 12.2. The number of nitrogens with two attached hydrogens (primary N) is 1. The highest BCUT2D eigenvalue weighted by Crippen LogP contribution is 2.16. The predicted octanol–water partition coefficient (Wildman–Crippen LogP) is 1.18. The van der Waals surface area contributed by atoms with Gasteiger partial charge < -0.3 is 15.8 Å². The van der Waals surface area contributed by atoms with E-state index in [0.717, 1.165) is 2.88 Å². The molecule has 0 saturated heterocycles.